The fraction of sp³-hybridized carbons (Fsp3) is 0.615. The molecule has 82 valence electrons. The summed E-state index contributed by atoms with van der Waals surface area (Å²) in [5.74, 6) is 0.825. The van der Waals surface area contributed by atoms with Gasteiger partial charge in [0.1, 0.15) is 0 Å². The van der Waals surface area contributed by atoms with Crippen molar-refractivity contribution in [1.29, 1.82) is 0 Å². The minimum Gasteiger partial charge on any atom is -0.308 e. The first-order chi connectivity index (χ1) is 7.31. The maximum Gasteiger partial charge on any atom is 0.0579 e. The second kappa shape index (κ2) is 4.75. The van der Waals surface area contributed by atoms with Gasteiger partial charge in [0.05, 0.1) is 11.7 Å². The minimum absolute atomic E-state index is 0.491. The van der Waals surface area contributed by atoms with Crippen molar-refractivity contribution in [3.8, 4) is 0 Å². The Morgan fingerprint density at radius 2 is 2.27 bits per heavy atom. The van der Waals surface area contributed by atoms with Gasteiger partial charge in [-0.05, 0) is 50.8 Å². The molecule has 1 aliphatic carbocycles. The van der Waals surface area contributed by atoms with E-state index in [0.717, 1.165) is 18.2 Å². The summed E-state index contributed by atoms with van der Waals surface area (Å²) >= 11 is 0. The van der Waals surface area contributed by atoms with Crippen LogP contribution in [0.15, 0.2) is 18.2 Å². The largest absolute Gasteiger partial charge is 0.308 e. The molecule has 2 heteroatoms. The van der Waals surface area contributed by atoms with Gasteiger partial charge in [-0.1, -0.05) is 13.0 Å². The van der Waals surface area contributed by atoms with Gasteiger partial charge in [-0.3, -0.25) is 4.98 Å². The molecule has 0 spiro atoms. The molecular formula is C13H20N2. The highest BCUT2D eigenvalue weighted by Crippen LogP contribution is 2.40. The van der Waals surface area contributed by atoms with Gasteiger partial charge < -0.3 is 5.32 Å². The molecule has 2 nitrogen and oxygen atoms in total. The Labute approximate surface area is 92.1 Å². The van der Waals surface area contributed by atoms with E-state index in [4.69, 9.17) is 0 Å². The van der Waals surface area contributed by atoms with Gasteiger partial charge in [0.25, 0.3) is 0 Å². The van der Waals surface area contributed by atoms with Crippen molar-refractivity contribution in [2.75, 3.05) is 6.54 Å². The number of hydrogen-bond donors (Lipinski definition) is 1. The zero-order valence-corrected chi connectivity index (χ0v) is 9.66. The molecular weight excluding hydrogens is 184 g/mol. The molecule has 1 N–H and O–H groups in total. The van der Waals surface area contributed by atoms with Crippen molar-refractivity contribution in [3.05, 3.63) is 29.6 Å². The highest BCUT2D eigenvalue weighted by atomic mass is 15.0. The third kappa shape index (κ3) is 2.78. The van der Waals surface area contributed by atoms with Crippen LogP contribution in [0.5, 0.6) is 0 Å². The second-order valence-electron chi connectivity index (χ2n) is 4.47. The van der Waals surface area contributed by atoms with Gasteiger partial charge >= 0.3 is 0 Å². The predicted octanol–water partition coefficient (Wildman–Crippen LogP) is 2.84. The second-order valence-corrected chi connectivity index (χ2v) is 4.47. The minimum atomic E-state index is 0.491. The summed E-state index contributed by atoms with van der Waals surface area (Å²) in [6, 6.07) is 6.82. The van der Waals surface area contributed by atoms with Crippen LogP contribution >= 0.6 is 0 Å². The molecule has 0 aliphatic heterocycles. The normalized spacial score (nSPS) is 17.7. The number of aryl methyl sites for hydroxylation is 1. The predicted molar refractivity (Wildman–Crippen MR) is 62.7 cm³/mol. The average molecular weight is 204 g/mol. The Bertz CT molecular complexity index is 318. The summed E-state index contributed by atoms with van der Waals surface area (Å²) in [5, 5.41) is 3.61. The van der Waals surface area contributed by atoms with Gasteiger partial charge in [-0.15, -0.1) is 0 Å². The zero-order valence-electron chi connectivity index (χ0n) is 9.66. The van der Waals surface area contributed by atoms with E-state index in [1.165, 1.54) is 25.0 Å². The summed E-state index contributed by atoms with van der Waals surface area (Å²) in [5.41, 5.74) is 2.35. The summed E-state index contributed by atoms with van der Waals surface area (Å²) in [4.78, 5) is 4.63. The Hall–Kier alpha value is -0.890. The molecule has 1 atom stereocenters. The van der Waals surface area contributed by atoms with E-state index in [1.807, 2.05) is 0 Å². The van der Waals surface area contributed by atoms with Crippen molar-refractivity contribution < 1.29 is 0 Å². The number of aromatic nitrogens is 1. The Morgan fingerprint density at radius 3 is 2.87 bits per heavy atom. The number of nitrogens with zero attached hydrogens (tertiary/aromatic N) is 1. The lowest BCUT2D eigenvalue weighted by atomic mass is 10.1. The van der Waals surface area contributed by atoms with Gasteiger partial charge in [0.15, 0.2) is 0 Å². The van der Waals surface area contributed by atoms with Crippen molar-refractivity contribution >= 4 is 0 Å². The molecule has 0 aromatic carbocycles. The average Bonchev–Trinajstić information content (AvgIpc) is 3.03. The Balaban J connectivity index is 2.09. The van der Waals surface area contributed by atoms with E-state index >= 15 is 0 Å². The highest BCUT2D eigenvalue weighted by molar-refractivity contribution is 5.15. The number of pyridine rings is 1. The lowest BCUT2D eigenvalue weighted by Gasteiger charge is -2.17. The van der Waals surface area contributed by atoms with E-state index in [-0.39, 0.29) is 0 Å². The van der Waals surface area contributed by atoms with Gasteiger partial charge in [0, 0.05) is 5.69 Å². The number of rotatable bonds is 5. The third-order valence-electron chi connectivity index (χ3n) is 2.94. The van der Waals surface area contributed by atoms with Crippen LogP contribution in [0, 0.1) is 12.8 Å². The van der Waals surface area contributed by atoms with Crippen molar-refractivity contribution in [3.63, 3.8) is 0 Å². The molecule has 1 fully saturated rings. The van der Waals surface area contributed by atoms with E-state index in [9.17, 15) is 0 Å². The van der Waals surface area contributed by atoms with E-state index in [2.05, 4.69) is 42.3 Å². The van der Waals surface area contributed by atoms with Gasteiger partial charge in [-0.25, -0.2) is 0 Å². The van der Waals surface area contributed by atoms with Crippen molar-refractivity contribution in [2.45, 2.75) is 39.2 Å². The fourth-order valence-corrected chi connectivity index (χ4v) is 1.98. The highest BCUT2D eigenvalue weighted by Gasteiger charge is 2.32. The molecule has 15 heavy (non-hydrogen) atoms. The Morgan fingerprint density at radius 1 is 1.47 bits per heavy atom. The summed E-state index contributed by atoms with van der Waals surface area (Å²) in [6.07, 6.45) is 3.91. The first kappa shape index (κ1) is 10.6. The summed E-state index contributed by atoms with van der Waals surface area (Å²) < 4.78 is 0. The standard InChI is InChI=1S/C13H20N2/c1-3-9-14-13(11-7-8-11)12-6-4-5-10(2)15-12/h4-6,11,13-14H,3,7-9H2,1-2H3. The molecule has 1 saturated carbocycles. The lowest BCUT2D eigenvalue weighted by Crippen LogP contribution is -2.24. The summed E-state index contributed by atoms with van der Waals surface area (Å²) in [7, 11) is 0. The van der Waals surface area contributed by atoms with Crippen LogP contribution in [0.1, 0.15) is 43.6 Å². The van der Waals surface area contributed by atoms with Crippen LogP contribution in [0.4, 0.5) is 0 Å². The monoisotopic (exact) mass is 204 g/mol. The number of hydrogen-bond acceptors (Lipinski definition) is 2. The molecule has 1 aliphatic rings. The van der Waals surface area contributed by atoms with Crippen LogP contribution in [-0.4, -0.2) is 11.5 Å². The van der Waals surface area contributed by atoms with Crippen LogP contribution in [0.3, 0.4) is 0 Å². The van der Waals surface area contributed by atoms with Gasteiger partial charge in [-0.2, -0.15) is 0 Å². The van der Waals surface area contributed by atoms with E-state index < -0.39 is 0 Å². The molecule has 1 heterocycles. The van der Waals surface area contributed by atoms with E-state index in [0.29, 0.717) is 6.04 Å². The van der Waals surface area contributed by atoms with Gasteiger partial charge in [0.2, 0.25) is 0 Å². The summed E-state index contributed by atoms with van der Waals surface area (Å²) in [6.45, 7) is 5.37. The lowest BCUT2D eigenvalue weighted by molar-refractivity contribution is 0.470. The van der Waals surface area contributed by atoms with Crippen molar-refractivity contribution in [2.24, 2.45) is 5.92 Å². The molecule has 1 aromatic heterocycles. The first-order valence-corrected chi connectivity index (χ1v) is 5.98. The van der Waals surface area contributed by atoms with E-state index in [1.54, 1.807) is 0 Å². The maximum absolute atomic E-state index is 4.63. The molecule has 2 rings (SSSR count). The number of nitrogens with one attached hydrogen (secondary N) is 1. The topological polar surface area (TPSA) is 24.9 Å². The van der Waals surface area contributed by atoms with Crippen LogP contribution in [-0.2, 0) is 0 Å². The molecule has 0 amide bonds. The molecule has 0 saturated heterocycles. The molecule has 1 unspecified atom stereocenters. The van der Waals surface area contributed by atoms with Crippen LogP contribution < -0.4 is 5.32 Å². The molecule has 0 bridgehead atoms. The first-order valence-electron chi connectivity index (χ1n) is 5.98. The van der Waals surface area contributed by atoms with Crippen LogP contribution in [0.2, 0.25) is 0 Å². The van der Waals surface area contributed by atoms with Crippen LogP contribution in [0.25, 0.3) is 0 Å². The molecule has 1 aromatic rings. The Kier molecular flexibility index (Phi) is 3.37. The smallest absolute Gasteiger partial charge is 0.0579 e. The third-order valence-corrected chi connectivity index (χ3v) is 2.94. The quantitative estimate of drug-likeness (QED) is 0.797. The SMILES string of the molecule is CCCNC(c1cccc(C)n1)C1CC1. The maximum atomic E-state index is 4.63. The molecule has 0 radical (unpaired) electrons. The van der Waals surface area contributed by atoms with Crippen molar-refractivity contribution in [1.82, 2.24) is 10.3 Å². The zero-order chi connectivity index (χ0) is 10.7. The fourth-order valence-electron chi connectivity index (χ4n) is 1.98.